The molecule has 0 atom stereocenters. The van der Waals surface area contributed by atoms with Crippen molar-refractivity contribution < 1.29 is 9.66 Å². The highest BCUT2D eigenvalue weighted by Gasteiger charge is 2.17. The number of rotatable bonds is 4. The largest absolute Gasteiger partial charge is 0.487 e. The molecule has 0 N–H and O–H groups in total. The summed E-state index contributed by atoms with van der Waals surface area (Å²) in [5.74, 6) is 0.511. The fraction of sp³-hybridized carbons (Fsp3) is 0.0833. The van der Waals surface area contributed by atoms with E-state index >= 15 is 0 Å². The van der Waals surface area contributed by atoms with Crippen LogP contribution in [0.2, 0.25) is 5.02 Å². The Balaban J connectivity index is 2.19. The Morgan fingerprint density at radius 1 is 1.37 bits per heavy atom. The molecule has 1 aromatic carbocycles. The smallest absolute Gasteiger partial charge is 0.277 e. The van der Waals surface area contributed by atoms with Crippen molar-refractivity contribution in [1.82, 2.24) is 4.98 Å². The first-order valence-corrected chi connectivity index (χ1v) is 6.41. The first kappa shape index (κ1) is 13.8. The molecule has 0 saturated carbocycles. The minimum absolute atomic E-state index is 0.0132. The van der Waals surface area contributed by atoms with E-state index in [1.807, 2.05) is 0 Å². The predicted molar refractivity (Wildman–Crippen MR) is 74.4 cm³/mol. The van der Waals surface area contributed by atoms with E-state index in [1.54, 1.807) is 18.2 Å². The van der Waals surface area contributed by atoms with Crippen molar-refractivity contribution in [3.05, 3.63) is 61.8 Å². The zero-order chi connectivity index (χ0) is 13.8. The minimum Gasteiger partial charge on any atom is -0.487 e. The fourth-order valence-corrected chi connectivity index (χ4v) is 1.92. The van der Waals surface area contributed by atoms with E-state index in [9.17, 15) is 10.1 Å². The first-order chi connectivity index (χ1) is 9.08. The van der Waals surface area contributed by atoms with Crippen LogP contribution in [0.3, 0.4) is 0 Å². The van der Waals surface area contributed by atoms with Gasteiger partial charge in [0, 0.05) is 6.07 Å². The van der Waals surface area contributed by atoms with Crippen LogP contribution in [0.25, 0.3) is 0 Å². The summed E-state index contributed by atoms with van der Waals surface area (Å²) in [7, 11) is 0. The van der Waals surface area contributed by atoms with Crippen LogP contribution in [-0.4, -0.2) is 9.91 Å². The lowest BCUT2D eigenvalue weighted by Gasteiger charge is -2.08. The number of aromatic nitrogens is 1. The van der Waals surface area contributed by atoms with Crippen LogP contribution >= 0.6 is 27.5 Å². The molecule has 0 spiro atoms. The summed E-state index contributed by atoms with van der Waals surface area (Å²) >= 11 is 9.16. The van der Waals surface area contributed by atoms with E-state index in [1.165, 1.54) is 18.3 Å². The number of hydrogen-bond donors (Lipinski definition) is 0. The Kier molecular flexibility index (Phi) is 4.34. The molecular formula is C12H8BrClN2O3. The van der Waals surface area contributed by atoms with Crippen molar-refractivity contribution >= 4 is 33.2 Å². The number of nitrogens with zero attached hydrogens (tertiary/aromatic N) is 2. The Morgan fingerprint density at radius 3 is 2.79 bits per heavy atom. The van der Waals surface area contributed by atoms with Gasteiger partial charge in [0.15, 0.2) is 0 Å². The minimum atomic E-state index is -0.482. The molecule has 0 aliphatic rings. The molecule has 0 aliphatic heterocycles. The number of nitro groups is 1. The summed E-state index contributed by atoms with van der Waals surface area (Å²) in [6, 6.07) is 7.94. The standard InChI is InChI=1S/C12H8BrClN2O3/c13-12-5-4-8(6-15-12)19-7-9-10(14)2-1-3-11(9)16(17)18/h1-6H,7H2. The molecule has 2 rings (SSSR count). The van der Waals surface area contributed by atoms with Crippen molar-refractivity contribution in [3.63, 3.8) is 0 Å². The third kappa shape index (κ3) is 3.42. The average molecular weight is 344 g/mol. The van der Waals surface area contributed by atoms with Crippen LogP contribution in [-0.2, 0) is 6.61 Å². The highest BCUT2D eigenvalue weighted by molar-refractivity contribution is 9.10. The van der Waals surface area contributed by atoms with E-state index in [0.29, 0.717) is 20.9 Å². The van der Waals surface area contributed by atoms with Crippen LogP contribution in [0.1, 0.15) is 5.56 Å². The number of pyridine rings is 1. The van der Waals surface area contributed by atoms with Crippen molar-refractivity contribution in [2.75, 3.05) is 0 Å². The second-order valence-corrected chi connectivity index (χ2v) is 4.82. The second kappa shape index (κ2) is 5.99. The van der Waals surface area contributed by atoms with Gasteiger partial charge in [-0.05, 0) is 34.1 Å². The van der Waals surface area contributed by atoms with Gasteiger partial charge in [-0.15, -0.1) is 0 Å². The van der Waals surface area contributed by atoms with Crippen molar-refractivity contribution in [3.8, 4) is 5.75 Å². The number of ether oxygens (including phenoxy) is 1. The highest BCUT2D eigenvalue weighted by atomic mass is 79.9. The van der Waals surface area contributed by atoms with E-state index in [4.69, 9.17) is 16.3 Å². The van der Waals surface area contributed by atoms with E-state index in [-0.39, 0.29) is 12.3 Å². The van der Waals surface area contributed by atoms with Crippen molar-refractivity contribution in [2.45, 2.75) is 6.61 Å². The van der Waals surface area contributed by atoms with E-state index < -0.39 is 4.92 Å². The zero-order valence-electron chi connectivity index (χ0n) is 9.55. The lowest BCUT2D eigenvalue weighted by atomic mass is 10.2. The molecule has 0 saturated heterocycles. The lowest BCUT2D eigenvalue weighted by Crippen LogP contribution is -2.01. The molecule has 0 unspecified atom stereocenters. The molecule has 2 aromatic rings. The monoisotopic (exact) mass is 342 g/mol. The summed E-state index contributed by atoms with van der Waals surface area (Å²) in [6.07, 6.45) is 1.52. The van der Waals surface area contributed by atoms with E-state index in [0.717, 1.165) is 0 Å². The highest BCUT2D eigenvalue weighted by Crippen LogP contribution is 2.27. The molecule has 0 aliphatic carbocycles. The lowest BCUT2D eigenvalue weighted by molar-refractivity contribution is -0.385. The van der Waals surface area contributed by atoms with Crippen molar-refractivity contribution in [2.24, 2.45) is 0 Å². The summed E-state index contributed by atoms with van der Waals surface area (Å²) < 4.78 is 6.13. The Bertz CT molecular complexity index is 604. The van der Waals surface area contributed by atoms with Gasteiger partial charge >= 0.3 is 0 Å². The Hall–Kier alpha value is -1.66. The van der Waals surface area contributed by atoms with Crippen LogP contribution in [0.5, 0.6) is 5.75 Å². The fourth-order valence-electron chi connectivity index (χ4n) is 1.46. The molecule has 0 fully saturated rings. The molecule has 0 amide bonds. The third-order valence-electron chi connectivity index (χ3n) is 2.37. The molecular weight excluding hydrogens is 336 g/mol. The number of nitro benzene ring substituents is 1. The molecule has 7 heteroatoms. The average Bonchev–Trinajstić information content (AvgIpc) is 2.39. The number of benzene rings is 1. The maximum absolute atomic E-state index is 10.9. The zero-order valence-corrected chi connectivity index (χ0v) is 11.9. The number of halogens is 2. The third-order valence-corrected chi connectivity index (χ3v) is 3.20. The van der Waals surface area contributed by atoms with Gasteiger partial charge in [-0.25, -0.2) is 4.98 Å². The molecule has 0 bridgehead atoms. The summed E-state index contributed by atoms with van der Waals surface area (Å²) in [6.45, 7) is 0.0132. The molecule has 5 nitrogen and oxygen atoms in total. The second-order valence-electron chi connectivity index (χ2n) is 3.60. The van der Waals surface area contributed by atoms with Gasteiger partial charge in [0.2, 0.25) is 0 Å². The predicted octanol–water partition coefficient (Wildman–Crippen LogP) is 3.98. The molecule has 98 valence electrons. The Morgan fingerprint density at radius 2 is 2.16 bits per heavy atom. The Labute approximate surface area is 122 Å². The molecule has 19 heavy (non-hydrogen) atoms. The van der Waals surface area contributed by atoms with Gasteiger partial charge < -0.3 is 4.74 Å². The van der Waals surface area contributed by atoms with Crippen molar-refractivity contribution in [1.29, 1.82) is 0 Å². The van der Waals surface area contributed by atoms with Crippen LogP contribution in [0, 0.1) is 10.1 Å². The maximum Gasteiger partial charge on any atom is 0.277 e. The first-order valence-electron chi connectivity index (χ1n) is 5.24. The van der Waals surface area contributed by atoms with Gasteiger partial charge in [0.25, 0.3) is 5.69 Å². The van der Waals surface area contributed by atoms with Gasteiger partial charge in [0.1, 0.15) is 17.0 Å². The van der Waals surface area contributed by atoms with Crippen LogP contribution in [0.4, 0.5) is 5.69 Å². The maximum atomic E-state index is 10.9. The number of hydrogen-bond acceptors (Lipinski definition) is 4. The quantitative estimate of drug-likeness (QED) is 0.478. The van der Waals surface area contributed by atoms with Gasteiger partial charge in [0.05, 0.1) is 21.7 Å². The SMILES string of the molecule is O=[N+]([O-])c1cccc(Cl)c1COc1ccc(Br)nc1. The summed E-state index contributed by atoms with van der Waals surface area (Å²) in [5, 5.41) is 11.2. The summed E-state index contributed by atoms with van der Waals surface area (Å²) in [5.41, 5.74) is 0.287. The van der Waals surface area contributed by atoms with Gasteiger partial charge in [-0.3, -0.25) is 10.1 Å². The molecule has 0 radical (unpaired) electrons. The van der Waals surface area contributed by atoms with Gasteiger partial charge in [-0.1, -0.05) is 17.7 Å². The topological polar surface area (TPSA) is 65.3 Å². The molecule has 1 heterocycles. The van der Waals surface area contributed by atoms with Gasteiger partial charge in [-0.2, -0.15) is 0 Å². The normalized spacial score (nSPS) is 10.2. The van der Waals surface area contributed by atoms with E-state index in [2.05, 4.69) is 20.9 Å². The van der Waals surface area contributed by atoms with Crippen LogP contribution in [0.15, 0.2) is 41.1 Å². The summed E-state index contributed by atoms with van der Waals surface area (Å²) in [4.78, 5) is 14.4. The van der Waals surface area contributed by atoms with Crippen LogP contribution < -0.4 is 4.74 Å². The molecule has 1 aromatic heterocycles.